The van der Waals surface area contributed by atoms with Crippen LogP contribution in [0.3, 0.4) is 0 Å². The van der Waals surface area contributed by atoms with Crippen LogP contribution in [0.4, 0.5) is 34.1 Å². The van der Waals surface area contributed by atoms with E-state index in [1.165, 1.54) is 156 Å². The average molecular weight is 1280 g/mol. The molecule has 4 nitrogen and oxygen atoms in total. The molecule has 6 heterocycles. The van der Waals surface area contributed by atoms with E-state index in [2.05, 4.69) is 348 Å². The van der Waals surface area contributed by atoms with Crippen LogP contribution in [0.25, 0.3) is 118 Å². The maximum Gasteiger partial charge on any atom is 0.252 e. The summed E-state index contributed by atoms with van der Waals surface area (Å²) in [4.78, 5) is 5.52. The lowest BCUT2D eigenvalue weighted by molar-refractivity contribution is 0.590. The van der Waals surface area contributed by atoms with Gasteiger partial charge in [0.25, 0.3) is 6.71 Å². The highest BCUT2D eigenvalue weighted by Gasteiger charge is 2.47. The van der Waals surface area contributed by atoms with Crippen molar-refractivity contribution in [1.82, 2.24) is 9.13 Å². The van der Waals surface area contributed by atoms with Gasteiger partial charge in [0.1, 0.15) is 0 Å². The molecule has 0 saturated heterocycles. The number of aromatic nitrogens is 2. The Morgan fingerprint density at radius 1 is 0.278 bits per heavy atom. The fraction of sp³-hybridized carbons (Fsp3) is 0.133. The first-order valence-electron chi connectivity index (χ1n) is 34.2. The van der Waals surface area contributed by atoms with E-state index in [0.717, 1.165) is 28.3 Å². The topological polar surface area (TPSA) is 16.3 Å². The highest BCUT2D eigenvalue weighted by molar-refractivity contribution is 7.26. The second-order valence-electron chi connectivity index (χ2n) is 30.0. The van der Waals surface area contributed by atoms with E-state index in [-0.39, 0.29) is 23.0 Å². The Labute approximate surface area is 574 Å². The molecule has 2 aliphatic rings. The standard InChI is InChI=1S/C90H71BN4S2/c1-88(2,3)55-44-47-68-76(50-55)94(86-58(54-43-46-64-63-29-14-20-40-80(63)97-83(64)49-54)31-22-38-74(86)92-70-34-16-10-25-59(70)60-26-11-17-35-71(60)92)78-52-57(90(7,8)9)53-79-85(78)91(68)69-48-45-56(89(4,5)6)51-77(69)95(79)87-66(65-32-24-42-82-84(65)67-30-15-21-41-81(67)96-82)33-23-39-75(87)93-72-36-18-12-27-61(72)62-28-13-19-37-73(62)93/h10-53H,1-9H3. The second kappa shape index (κ2) is 21.0. The van der Waals surface area contributed by atoms with Gasteiger partial charge in [-0.1, -0.05) is 244 Å². The Balaban J connectivity index is 0.999. The van der Waals surface area contributed by atoms with E-state index >= 15 is 0 Å². The zero-order chi connectivity index (χ0) is 65.5. The van der Waals surface area contributed by atoms with Crippen LogP contribution in [0.2, 0.25) is 0 Å². The van der Waals surface area contributed by atoms with E-state index in [4.69, 9.17) is 0 Å². The molecule has 0 saturated carbocycles. The quantitative estimate of drug-likeness (QED) is 0.154. The monoisotopic (exact) mass is 1280 g/mol. The Morgan fingerprint density at radius 3 is 1.19 bits per heavy atom. The van der Waals surface area contributed by atoms with Crippen molar-refractivity contribution in [3.05, 3.63) is 284 Å². The molecule has 2 aliphatic heterocycles. The normalized spacial score (nSPS) is 13.4. The van der Waals surface area contributed by atoms with Gasteiger partial charge in [0.2, 0.25) is 0 Å². The molecule has 0 atom stereocenters. The minimum atomic E-state index is -0.308. The largest absolute Gasteiger partial charge is 0.309 e. The fourth-order valence-electron chi connectivity index (χ4n) is 16.4. The van der Waals surface area contributed by atoms with E-state index < -0.39 is 0 Å². The fourth-order valence-corrected chi connectivity index (χ4v) is 18.7. The van der Waals surface area contributed by atoms with Crippen LogP contribution >= 0.6 is 22.7 Å². The number of thiophene rings is 2. The molecule has 0 fully saturated rings. The smallest absolute Gasteiger partial charge is 0.252 e. The number of para-hydroxylation sites is 6. The summed E-state index contributed by atoms with van der Waals surface area (Å²) in [7, 11) is 0. The SMILES string of the molecule is CC(C)(C)c1ccc2c(c1)N(c1c(-c3ccc4c(c3)sc3ccccc34)cccc1-n1c3ccccc3c3ccccc31)c1cc(C(C)(C)C)cc3c1B2c1ccc(C(C)(C)C)cc1N3c1c(-c2cccc3sc4ccccc4c23)cccc1-n1c2ccccc2c2ccccc21. The Bertz CT molecular complexity index is 6080. The molecule has 466 valence electrons. The number of hydrogen-bond donors (Lipinski definition) is 0. The maximum atomic E-state index is 2.76. The molecular weight excluding hydrogens is 1210 g/mol. The first-order valence-corrected chi connectivity index (χ1v) is 35.8. The lowest BCUT2D eigenvalue weighted by Gasteiger charge is -2.47. The van der Waals surface area contributed by atoms with E-state index in [1.54, 1.807) is 0 Å². The third kappa shape index (κ3) is 8.67. The van der Waals surface area contributed by atoms with Crippen molar-refractivity contribution in [2.45, 2.75) is 78.6 Å². The van der Waals surface area contributed by atoms with Gasteiger partial charge in [-0.2, -0.15) is 0 Å². The summed E-state index contributed by atoms with van der Waals surface area (Å²) < 4.78 is 10.3. The van der Waals surface area contributed by atoms with Crippen molar-refractivity contribution in [2.75, 3.05) is 9.80 Å². The molecule has 97 heavy (non-hydrogen) atoms. The van der Waals surface area contributed by atoms with E-state index in [0.29, 0.717) is 0 Å². The zero-order valence-corrected chi connectivity index (χ0v) is 57.7. The van der Waals surface area contributed by atoms with Crippen LogP contribution in [0, 0.1) is 0 Å². The summed E-state index contributed by atoms with van der Waals surface area (Å²) in [5.74, 6) is 0. The van der Waals surface area contributed by atoms with Crippen molar-refractivity contribution in [3.8, 4) is 33.6 Å². The molecule has 0 spiro atoms. The van der Waals surface area contributed by atoms with Gasteiger partial charge in [-0.25, -0.2) is 0 Å². The van der Waals surface area contributed by atoms with Crippen LogP contribution in [0.1, 0.15) is 79.0 Å². The number of anilines is 6. The van der Waals surface area contributed by atoms with Gasteiger partial charge in [0, 0.05) is 95.8 Å². The summed E-state index contributed by atoms with van der Waals surface area (Å²) >= 11 is 3.77. The highest BCUT2D eigenvalue weighted by atomic mass is 32.1. The first-order chi connectivity index (χ1) is 47.0. The molecular formula is C90H71BN4S2. The van der Waals surface area contributed by atoms with Gasteiger partial charge < -0.3 is 18.9 Å². The molecule has 0 aliphatic carbocycles. The molecule has 13 aromatic carbocycles. The number of rotatable bonds is 6. The van der Waals surface area contributed by atoms with Gasteiger partial charge >= 0.3 is 0 Å². The lowest BCUT2D eigenvalue weighted by atomic mass is 9.33. The minimum Gasteiger partial charge on any atom is -0.309 e. The van der Waals surface area contributed by atoms with Gasteiger partial charge in [-0.15, -0.1) is 22.7 Å². The van der Waals surface area contributed by atoms with E-state index in [1.807, 2.05) is 22.7 Å². The summed E-state index contributed by atoms with van der Waals surface area (Å²) in [6.45, 7) is 21.3. The van der Waals surface area contributed by atoms with E-state index in [9.17, 15) is 0 Å². The molecule has 0 bridgehead atoms. The molecule has 19 rings (SSSR count). The molecule has 17 aromatic rings. The van der Waals surface area contributed by atoms with Crippen LogP contribution in [0.5, 0.6) is 0 Å². The van der Waals surface area contributed by atoms with Gasteiger partial charge in [-0.05, 0) is 145 Å². The molecule has 0 unspecified atom stereocenters. The van der Waals surface area contributed by atoms with Crippen molar-refractivity contribution >= 4 is 164 Å². The Hall–Kier alpha value is -10.4. The van der Waals surface area contributed by atoms with Gasteiger partial charge in [0.05, 0.1) is 44.8 Å². The minimum absolute atomic E-state index is 0.161. The Kier molecular flexibility index (Phi) is 12.6. The summed E-state index contributed by atoms with van der Waals surface area (Å²) in [5.41, 5.74) is 25.7. The van der Waals surface area contributed by atoms with Gasteiger partial charge in [0.15, 0.2) is 0 Å². The van der Waals surface area contributed by atoms with Crippen LogP contribution in [0.15, 0.2) is 267 Å². The number of benzene rings is 13. The third-order valence-electron chi connectivity index (χ3n) is 21.2. The van der Waals surface area contributed by atoms with Crippen molar-refractivity contribution in [1.29, 1.82) is 0 Å². The average Bonchev–Trinajstić information content (AvgIpc) is 1.22. The Morgan fingerprint density at radius 2 is 0.670 bits per heavy atom. The molecule has 7 heteroatoms. The zero-order valence-electron chi connectivity index (χ0n) is 56.1. The van der Waals surface area contributed by atoms with Gasteiger partial charge in [-0.3, -0.25) is 0 Å². The number of fused-ring (bicyclic) bond motifs is 16. The third-order valence-corrected chi connectivity index (χ3v) is 23.4. The summed E-state index contributed by atoms with van der Waals surface area (Å²) in [6.07, 6.45) is 0. The van der Waals surface area contributed by atoms with Crippen LogP contribution < -0.4 is 26.2 Å². The van der Waals surface area contributed by atoms with Crippen LogP contribution in [-0.4, -0.2) is 15.8 Å². The van der Waals surface area contributed by atoms with Crippen LogP contribution in [-0.2, 0) is 16.2 Å². The highest BCUT2D eigenvalue weighted by Crippen LogP contribution is 2.56. The predicted molar refractivity (Wildman–Crippen MR) is 422 cm³/mol. The summed E-state index contributed by atoms with van der Waals surface area (Å²) in [6, 6.07) is 103. The first kappa shape index (κ1) is 58.0. The summed E-state index contributed by atoms with van der Waals surface area (Å²) in [5, 5.41) is 10.1. The predicted octanol–water partition coefficient (Wildman–Crippen LogP) is 23.9. The molecule has 4 aromatic heterocycles. The van der Waals surface area contributed by atoms with Crippen molar-refractivity contribution < 1.29 is 0 Å². The number of hydrogen-bond acceptors (Lipinski definition) is 4. The maximum absolute atomic E-state index is 2.76. The second-order valence-corrected chi connectivity index (χ2v) is 32.2. The lowest BCUT2D eigenvalue weighted by Crippen LogP contribution is -2.61. The van der Waals surface area contributed by atoms with Crippen molar-refractivity contribution in [3.63, 3.8) is 0 Å². The molecule has 0 radical (unpaired) electrons. The number of nitrogens with zero attached hydrogens (tertiary/aromatic N) is 4. The molecule has 0 N–H and O–H groups in total. The van der Waals surface area contributed by atoms with Crippen molar-refractivity contribution in [2.24, 2.45) is 0 Å². The molecule has 0 amide bonds.